The Kier molecular flexibility index (Phi) is 8.24. The number of hydrogen-bond acceptors (Lipinski definition) is 3. The maximum Gasteiger partial charge on any atom is 0.254 e. The van der Waals surface area contributed by atoms with Crippen LogP contribution in [0.25, 0.3) is 11.1 Å². The van der Waals surface area contributed by atoms with Crippen molar-refractivity contribution in [3.8, 4) is 11.1 Å². The predicted octanol–water partition coefficient (Wildman–Crippen LogP) is 4.34. The highest BCUT2D eigenvalue weighted by molar-refractivity contribution is 5.94. The Bertz CT molecular complexity index is 1040. The summed E-state index contributed by atoms with van der Waals surface area (Å²) in [5.74, 6) is -2.45. The molecule has 0 fully saturated rings. The number of carbonyl (C=O) groups excluding carboxylic acids is 1. The summed E-state index contributed by atoms with van der Waals surface area (Å²) < 4.78 is 34.6. The first-order chi connectivity index (χ1) is 14.4. The molecule has 0 saturated carbocycles. The molecule has 4 N–H and O–H groups in total. The van der Waals surface area contributed by atoms with Gasteiger partial charge in [-0.1, -0.05) is 54.6 Å². The second-order valence-electron chi connectivity index (χ2n) is 6.66. The monoisotopic (exact) mass is 445 g/mol. The van der Waals surface area contributed by atoms with Crippen LogP contribution in [0.4, 0.5) is 8.78 Å². The van der Waals surface area contributed by atoms with Gasteiger partial charge in [-0.15, -0.1) is 12.4 Å². The molecule has 0 aliphatic heterocycles. The number of benzene rings is 3. The zero-order valence-corrected chi connectivity index (χ0v) is 17.5. The molecule has 0 unspecified atom stereocenters. The van der Waals surface area contributed by atoms with Crippen molar-refractivity contribution >= 4 is 24.1 Å². The molecule has 5 nitrogen and oxygen atoms in total. The number of hydrogen-bond donors (Lipinski definition) is 3. The molecule has 1 amide bonds. The zero-order valence-electron chi connectivity index (χ0n) is 16.7. The smallest absolute Gasteiger partial charge is 0.254 e. The number of amidine groups is 1. The number of ether oxygens (including phenoxy) is 1. The van der Waals surface area contributed by atoms with Crippen LogP contribution in [0.15, 0.2) is 66.7 Å². The van der Waals surface area contributed by atoms with Gasteiger partial charge in [0.25, 0.3) is 5.91 Å². The predicted molar refractivity (Wildman–Crippen MR) is 118 cm³/mol. The van der Waals surface area contributed by atoms with E-state index in [1.165, 1.54) is 19.2 Å². The van der Waals surface area contributed by atoms with Crippen LogP contribution in [0.3, 0.4) is 0 Å². The fourth-order valence-electron chi connectivity index (χ4n) is 3.07. The van der Waals surface area contributed by atoms with Gasteiger partial charge in [0, 0.05) is 19.2 Å². The van der Waals surface area contributed by atoms with Gasteiger partial charge in [0.2, 0.25) is 0 Å². The summed E-state index contributed by atoms with van der Waals surface area (Å²) in [5, 5.41) is 10.00. The summed E-state index contributed by atoms with van der Waals surface area (Å²) in [5.41, 5.74) is 7.30. The minimum Gasteiger partial charge on any atom is -0.384 e. The van der Waals surface area contributed by atoms with Crippen LogP contribution in [-0.2, 0) is 16.1 Å². The second kappa shape index (κ2) is 10.7. The van der Waals surface area contributed by atoms with Crippen LogP contribution in [-0.4, -0.2) is 18.9 Å². The van der Waals surface area contributed by atoms with Gasteiger partial charge in [-0.3, -0.25) is 10.2 Å². The van der Waals surface area contributed by atoms with Gasteiger partial charge in [0.1, 0.15) is 17.5 Å². The molecule has 1 atom stereocenters. The number of nitrogens with one attached hydrogen (secondary N) is 2. The lowest BCUT2D eigenvalue weighted by Gasteiger charge is -2.18. The standard InChI is InChI=1S/C23H21F2N3O2.ClH/c1-30-21(23(29)28-13-14-7-9-16(10-8-14)22(26)27)20-18(24)11-17(12-19(20)25)15-5-3-2-4-6-15;/h2-12,21H,13H2,1H3,(H3,26,27)(H,28,29);1H/t21-;/m0./s1. The third kappa shape index (κ3) is 5.65. The molecule has 0 saturated heterocycles. The molecule has 3 aromatic carbocycles. The Morgan fingerprint density at radius 1 is 1.03 bits per heavy atom. The molecule has 3 aromatic rings. The highest BCUT2D eigenvalue weighted by atomic mass is 35.5. The van der Waals surface area contributed by atoms with Crippen molar-refractivity contribution < 1.29 is 18.3 Å². The summed E-state index contributed by atoms with van der Waals surface area (Å²) in [6, 6.07) is 17.9. The molecule has 0 aliphatic rings. The molecule has 0 radical (unpaired) electrons. The highest BCUT2D eigenvalue weighted by Crippen LogP contribution is 2.29. The summed E-state index contributed by atoms with van der Waals surface area (Å²) in [7, 11) is 1.22. The highest BCUT2D eigenvalue weighted by Gasteiger charge is 2.27. The van der Waals surface area contributed by atoms with E-state index >= 15 is 0 Å². The minimum absolute atomic E-state index is 0. The summed E-state index contributed by atoms with van der Waals surface area (Å²) >= 11 is 0. The van der Waals surface area contributed by atoms with E-state index in [0.29, 0.717) is 16.7 Å². The first kappa shape index (κ1) is 24.0. The summed E-state index contributed by atoms with van der Waals surface area (Å²) in [6.45, 7) is 0.127. The number of halogens is 3. The zero-order chi connectivity index (χ0) is 21.7. The second-order valence-corrected chi connectivity index (χ2v) is 6.66. The maximum atomic E-state index is 14.7. The number of nitrogens with two attached hydrogens (primary N) is 1. The van der Waals surface area contributed by atoms with Crippen LogP contribution < -0.4 is 11.1 Å². The lowest BCUT2D eigenvalue weighted by atomic mass is 10.00. The van der Waals surface area contributed by atoms with Gasteiger partial charge in [-0.2, -0.15) is 0 Å². The van der Waals surface area contributed by atoms with Crippen LogP contribution in [0, 0.1) is 17.0 Å². The Labute approximate surface area is 185 Å². The summed E-state index contributed by atoms with van der Waals surface area (Å²) in [4.78, 5) is 12.6. The van der Waals surface area contributed by atoms with Crippen molar-refractivity contribution in [1.29, 1.82) is 5.41 Å². The van der Waals surface area contributed by atoms with Crippen LogP contribution >= 0.6 is 12.4 Å². The van der Waals surface area contributed by atoms with Gasteiger partial charge in [0.05, 0.1) is 5.56 Å². The third-order valence-corrected chi connectivity index (χ3v) is 4.65. The fraction of sp³-hybridized carbons (Fsp3) is 0.130. The number of amides is 1. The van der Waals surface area contributed by atoms with Crippen molar-refractivity contribution in [2.45, 2.75) is 12.6 Å². The van der Waals surface area contributed by atoms with Crippen molar-refractivity contribution in [3.63, 3.8) is 0 Å². The first-order valence-corrected chi connectivity index (χ1v) is 9.19. The number of methoxy groups -OCH3 is 1. The van der Waals surface area contributed by atoms with Crippen molar-refractivity contribution in [3.05, 3.63) is 95.1 Å². The van der Waals surface area contributed by atoms with Gasteiger partial charge < -0.3 is 15.8 Å². The molecule has 31 heavy (non-hydrogen) atoms. The number of rotatable bonds is 7. The average Bonchev–Trinajstić information content (AvgIpc) is 2.75. The topological polar surface area (TPSA) is 88.2 Å². The van der Waals surface area contributed by atoms with Gasteiger partial charge in [0.15, 0.2) is 6.10 Å². The molecular weight excluding hydrogens is 424 g/mol. The first-order valence-electron chi connectivity index (χ1n) is 9.19. The third-order valence-electron chi connectivity index (χ3n) is 4.65. The lowest BCUT2D eigenvalue weighted by Crippen LogP contribution is -2.31. The Morgan fingerprint density at radius 2 is 1.61 bits per heavy atom. The van der Waals surface area contributed by atoms with E-state index in [1.54, 1.807) is 48.5 Å². The van der Waals surface area contributed by atoms with Crippen LogP contribution in [0.1, 0.15) is 22.8 Å². The maximum absolute atomic E-state index is 14.7. The molecule has 0 spiro atoms. The molecule has 162 valence electrons. The van der Waals surface area contributed by atoms with Crippen LogP contribution in [0.2, 0.25) is 0 Å². The molecule has 0 heterocycles. The van der Waals surface area contributed by atoms with Gasteiger partial charge >= 0.3 is 0 Å². The molecular formula is C23H22ClF2N3O2. The van der Waals surface area contributed by atoms with E-state index in [0.717, 1.165) is 5.56 Å². The number of nitrogen functional groups attached to an aromatic ring is 1. The van der Waals surface area contributed by atoms with Crippen molar-refractivity contribution in [2.75, 3.05) is 7.11 Å². The van der Waals surface area contributed by atoms with E-state index < -0.39 is 29.2 Å². The average molecular weight is 446 g/mol. The minimum atomic E-state index is -1.44. The van der Waals surface area contributed by atoms with Crippen molar-refractivity contribution in [1.82, 2.24) is 5.32 Å². The summed E-state index contributed by atoms with van der Waals surface area (Å²) in [6.07, 6.45) is -1.44. The van der Waals surface area contributed by atoms with Gasteiger partial charge in [-0.05, 0) is 28.8 Å². The fourth-order valence-corrected chi connectivity index (χ4v) is 3.07. The molecule has 0 aliphatic carbocycles. The Morgan fingerprint density at radius 3 is 2.13 bits per heavy atom. The van der Waals surface area contributed by atoms with Gasteiger partial charge in [-0.25, -0.2) is 8.78 Å². The Balaban J connectivity index is 0.00000341. The lowest BCUT2D eigenvalue weighted by molar-refractivity contribution is -0.131. The van der Waals surface area contributed by atoms with Crippen LogP contribution in [0.5, 0.6) is 0 Å². The van der Waals surface area contributed by atoms with E-state index in [-0.39, 0.29) is 24.8 Å². The normalized spacial score (nSPS) is 11.3. The molecule has 0 aromatic heterocycles. The Hall–Kier alpha value is -3.29. The van der Waals surface area contributed by atoms with Crippen molar-refractivity contribution in [2.24, 2.45) is 5.73 Å². The quantitative estimate of drug-likeness (QED) is 0.373. The number of carbonyl (C=O) groups is 1. The van der Waals surface area contributed by atoms with E-state index in [9.17, 15) is 13.6 Å². The largest absolute Gasteiger partial charge is 0.384 e. The van der Waals surface area contributed by atoms with E-state index in [2.05, 4.69) is 5.32 Å². The molecule has 8 heteroatoms. The van der Waals surface area contributed by atoms with E-state index in [1.807, 2.05) is 6.07 Å². The SMILES string of the molecule is CO[C@H](C(=O)NCc1ccc(C(=N)N)cc1)c1c(F)cc(-c2ccccc2)cc1F.Cl. The molecule has 0 bridgehead atoms. The molecule has 3 rings (SSSR count). The van der Waals surface area contributed by atoms with E-state index in [4.69, 9.17) is 15.9 Å².